The zero-order valence-electron chi connectivity index (χ0n) is 17.8. The standard InChI is InChI=1S/C20H21Cl3N2O4S2.C2H2/c1-29-20(26)19-24(11-12-30-19)9-2-10-25(18-13-15(22)5-8-17(18)23)31(27,28)16-6-3-14(21)4-7-16;1-2/h3-8,13,19H,2,9-12H2,1H3;1-2H. The van der Waals surface area contributed by atoms with Crippen molar-refractivity contribution in [3.8, 4) is 12.8 Å². The molecule has 0 amide bonds. The second-order valence-corrected chi connectivity index (χ2v) is 11.1. The average Bonchev–Trinajstić information content (AvgIpc) is 3.28. The highest BCUT2D eigenvalue weighted by atomic mass is 35.5. The summed E-state index contributed by atoms with van der Waals surface area (Å²) in [6.45, 7) is 1.41. The molecule has 0 aliphatic carbocycles. The number of thioether (sulfide) groups is 1. The van der Waals surface area contributed by atoms with Gasteiger partial charge in [0.1, 0.15) is 0 Å². The van der Waals surface area contributed by atoms with Crippen molar-refractivity contribution >= 4 is 68.2 Å². The number of rotatable bonds is 8. The van der Waals surface area contributed by atoms with Crippen LogP contribution in [0.4, 0.5) is 5.69 Å². The minimum Gasteiger partial charge on any atom is -0.467 e. The van der Waals surface area contributed by atoms with Gasteiger partial charge in [-0.3, -0.25) is 9.21 Å². The summed E-state index contributed by atoms with van der Waals surface area (Å²) in [7, 11) is -2.56. The van der Waals surface area contributed by atoms with Gasteiger partial charge in [0.15, 0.2) is 5.37 Å². The maximum absolute atomic E-state index is 13.4. The van der Waals surface area contributed by atoms with Gasteiger partial charge in [-0.05, 0) is 48.9 Å². The van der Waals surface area contributed by atoms with Crippen LogP contribution in [0.2, 0.25) is 15.1 Å². The molecule has 1 fully saturated rings. The van der Waals surface area contributed by atoms with Crippen LogP contribution in [0, 0.1) is 12.8 Å². The van der Waals surface area contributed by atoms with Crippen molar-refractivity contribution in [2.45, 2.75) is 16.7 Å². The first-order valence-corrected chi connectivity index (χ1v) is 13.4. The lowest BCUT2D eigenvalue weighted by atomic mass is 10.3. The Labute approximate surface area is 214 Å². The summed E-state index contributed by atoms with van der Waals surface area (Å²) < 4.78 is 33.0. The Morgan fingerprint density at radius 2 is 1.79 bits per heavy atom. The maximum Gasteiger partial charge on any atom is 0.333 e. The number of hydrogen-bond donors (Lipinski definition) is 0. The number of carbonyl (C=O) groups excluding carboxylic acids is 1. The minimum absolute atomic E-state index is 0.0945. The van der Waals surface area contributed by atoms with E-state index in [1.807, 2.05) is 4.90 Å². The number of sulfonamides is 1. The molecule has 0 spiro atoms. The van der Waals surface area contributed by atoms with Gasteiger partial charge in [0.05, 0.1) is 22.7 Å². The lowest BCUT2D eigenvalue weighted by molar-refractivity contribution is -0.143. The van der Waals surface area contributed by atoms with Crippen LogP contribution in [0.3, 0.4) is 0 Å². The number of carbonyl (C=O) groups is 1. The van der Waals surface area contributed by atoms with Gasteiger partial charge in [-0.25, -0.2) is 13.2 Å². The van der Waals surface area contributed by atoms with E-state index >= 15 is 0 Å². The first-order valence-electron chi connectivity index (χ1n) is 9.74. The molecule has 1 aliphatic heterocycles. The number of terminal acetylenes is 1. The summed E-state index contributed by atoms with van der Waals surface area (Å²) in [6.07, 6.45) is 8.48. The maximum atomic E-state index is 13.4. The number of anilines is 1. The van der Waals surface area contributed by atoms with Crippen LogP contribution >= 0.6 is 46.6 Å². The number of nitrogens with zero attached hydrogens (tertiary/aromatic N) is 2. The second-order valence-electron chi connectivity index (χ2n) is 6.76. The smallest absolute Gasteiger partial charge is 0.333 e. The third-order valence-electron chi connectivity index (χ3n) is 4.77. The molecule has 0 radical (unpaired) electrons. The SMILES string of the molecule is C#C.COC(=O)C1SCCN1CCCN(c1cc(Cl)ccc1Cl)S(=O)(=O)c1ccc(Cl)cc1. The van der Waals surface area contributed by atoms with E-state index in [1.165, 1.54) is 53.5 Å². The molecule has 0 aromatic heterocycles. The molecule has 0 bridgehead atoms. The van der Waals surface area contributed by atoms with Crippen LogP contribution in [0.1, 0.15) is 6.42 Å². The molecule has 1 saturated heterocycles. The molecule has 2 aromatic rings. The highest BCUT2D eigenvalue weighted by Crippen LogP contribution is 2.34. The Bertz CT molecular complexity index is 1080. The van der Waals surface area contributed by atoms with Gasteiger partial charge in [0, 0.05) is 35.4 Å². The molecular formula is C22H23Cl3N2O4S2. The van der Waals surface area contributed by atoms with Crippen LogP contribution < -0.4 is 4.31 Å². The van der Waals surface area contributed by atoms with E-state index in [-0.39, 0.29) is 27.8 Å². The number of methoxy groups -OCH3 is 1. The minimum atomic E-state index is -3.92. The Morgan fingerprint density at radius 3 is 2.42 bits per heavy atom. The second kappa shape index (κ2) is 12.7. The van der Waals surface area contributed by atoms with Crippen LogP contribution in [-0.4, -0.2) is 57.2 Å². The van der Waals surface area contributed by atoms with Crippen molar-refractivity contribution < 1.29 is 17.9 Å². The van der Waals surface area contributed by atoms with Crippen LogP contribution in [0.25, 0.3) is 0 Å². The fourth-order valence-corrected chi connectivity index (χ4v) is 6.54. The summed E-state index contributed by atoms with van der Waals surface area (Å²) in [5, 5.41) is 0.705. The molecule has 3 rings (SSSR count). The van der Waals surface area contributed by atoms with Gasteiger partial charge in [-0.2, -0.15) is 0 Å². The fraction of sp³-hybridized carbons (Fsp3) is 0.318. The van der Waals surface area contributed by atoms with Crippen molar-refractivity contribution in [1.82, 2.24) is 4.90 Å². The number of ether oxygens (including phenoxy) is 1. The zero-order chi connectivity index (χ0) is 24.6. The number of hydrogen-bond acceptors (Lipinski definition) is 6. The van der Waals surface area contributed by atoms with Crippen molar-refractivity contribution in [3.05, 3.63) is 57.5 Å². The quantitative estimate of drug-likeness (QED) is 0.340. The van der Waals surface area contributed by atoms with E-state index in [1.54, 1.807) is 12.1 Å². The normalized spacial score (nSPS) is 16.0. The summed E-state index contributed by atoms with van der Waals surface area (Å²) in [5.74, 6) is 0.512. The van der Waals surface area contributed by atoms with Gasteiger partial charge >= 0.3 is 5.97 Å². The van der Waals surface area contributed by atoms with Gasteiger partial charge in [-0.1, -0.05) is 34.8 Å². The largest absolute Gasteiger partial charge is 0.467 e. The molecule has 1 unspecified atom stereocenters. The topological polar surface area (TPSA) is 66.9 Å². The molecule has 6 nitrogen and oxygen atoms in total. The third-order valence-corrected chi connectivity index (χ3v) is 8.63. The lowest BCUT2D eigenvalue weighted by Gasteiger charge is -2.27. The van der Waals surface area contributed by atoms with E-state index in [0.717, 1.165) is 12.3 Å². The zero-order valence-corrected chi connectivity index (χ0v) is 21.7. The van der Waals surface area contributed by atoms with Crippen molar-refractivity contribution in [2.75, 3.05) is 36.8 Å². The Kier molecular flexibility index (Phi) is 10.7. The van der Waals surface area contributed by atoms with Crippen LogP contribution in [0.15, 0.2) is 47.4 Å². The Morgan fingerprint density at radius 1 is 1.15 bits per heavy atom. The monoisotopic (exact) mass is 548 g/mol. The summed E-state index contributed by atoms with van der Waals surface area (Å²) >= 11 is 19.9. The average molecular weight is 550 g/mol. The molecule has 0 N–H and O–H groups in total. The van der Waals surface area contributed by atoms with Crippen molar-refractivity contribution in [2.24, 2.45) is 0 Å². The summed E-state index contributed by atoms with van der Waals surface area (Å²) in [4.78, 5) is 14.0. The number of benzene rings is 2. The molecule has 33 heavy (non-hydrogen) atoms. The molecule has 1 heterocycles. The highest BCUT2D eigenvalue weighted by Gasteiger charge is 2.33. The van der Waals surface area contributed by atoms with Crippen molar-refractivity contribution in [3.63, 3.8) is 0 Å². The van der Waals surface area contributed by atoms with Gasteiger partial charge in [-0.15, -0.1) is 24.6 Å². The van der Waals surface area contributed by atoms with E-state index in [0.29, 0.717) is 28.7 Å². The van der Waals surface area contributed by atoms with Gasteiger partial charge < -0.3 is 4.74 Å². The summed E-state index contributed by atoms with van der Waals surface area (Å²) in [5.41, 5.74) is 0.296. The molecule has 11 heteroatoms. The molecule has 178 valence electrons. The molecule has 0 saturated carbocycles. The van der Waals surface area contributed by atoms with E-state index in [4.69, 9.17) is 39.5 Å². The molecular weight excluding hydrogens is 527 g/mol. The predicted octanol–water partition coefficient (Wildman–Crippen LogP) is 5.03. The lowest BCUT2D eigenvalue weighted by Crippen LogP contribution is -2.38. The molecule has 2 aromatic carbocycles. The number of halogens is 3. The molecule has 1 aliphatic rings. The van der Waals surface area contributed by atoms with Gasteiger partial charge in [0.25, 0.3) is 10.0 Å². The first kappa shape index (κ1) is 27.6. The summed E-state index contributed by atoms with van der Waals surface area (Å²) in [6, 6.07) is 10.6. The Balaban J connectivity index is 0.00000187. The van der Waals surface area contributed by atoms with E-state index < -0.39 is 10.0 Å². The van der Waals surface area contributed by atoms with Crippen LogP contribution in [0.5, 0.6) is 0 Å². The fourth-order valence-electron chi connectivity index (χ4n) is 3.25. The van der Waals surface area contributed by atoms with Crippen LogP contribution in [-0.2, 0) is 19.6 Å². The van der Waals surface area contributed by atoms with Gasteiger partial charge in [0.2, 0.25) is 0 Å². The molecule has 1 atom stereocenters. The van der Waals surface area contributed by atoms with E-state index in [9.17, 15) is 13.2 Å². The van der Waals surface area contributed by atoms with E-state index in [2.05, 4.69) is 12.8 Å². The third kappa shape index (κ3) is 6.95. The number of esters is 1. The van der Waals surface area contributed by atoms with Crippen molar-refractivity contribution in [1.29, 1.82) is 0 Å². The predicted molar refractivity (Wildman–Crippen MR) is 137 cm³/mol. The highest BCUT2D eigenvalue weighted by molar-refractivity contribution is 8.00. The Hall–Kier alpha value is -1.60. The first-order chi connectivity index (χ1) is 15.7.